The van der Waals surface area contributed by atoms with Crippen LogP contribution in [0.1, 0.15) is 24.0 Å². The van der Waals surface area contributed by atoms with E-state index < -0.39 is 24.0 Å². The maximum atomic E-state index is 13.8. The smallest absolute Gasteiger partial charge is 0.400 e. The molecule has 30 heavy (non-hydrogen) atoms. The molecule has 0 bridgehead atoms. The molecule has 1 aromatic heterocycles. The van der Waals surface area contributed by atoms with Crippen LogP contribution >= 0.6 is 11.6 Å². The van der Waals surface area contributed by atoms with Gasteiger partial charge in [0.2, 0.25) is 0 Å². The minimum absolute atomic E-state index is 0.0171. The van der Waals surface area contributed by atoms with Gasteiger partial charge in [0.1, 0.15) is 5.82 Å². The lowest BCUT2D eigenvalue weighted by Gasteiger charge is -2.43. The van der Waals surface area contributed by atoms with Crippen LogP contribution in [-0.2, 0) is 37.0 Å². The number of hydrogen-bond donors (Lipinski definition) is 1. The van der Waals surface area contributed by atoms with Crippen LogP contribution in [0.2, 0.25) is 5.02 Å². The molecule has 2 saturated heterocycles. The highest BCUT2D eigenvalue weighted by Crippen LogP contribution is 2.37. The molecule has 1 atom stereocenters. The molecule has 0 aliphatic carbocycles. The summed E-state index contributed by atoms with van der Waals surface area (Å²) in [6, 6.07) is 7.73. The monoisotopic (exact) mass is 436 g/mol. The van der Waals surface area contributed by atoms with Crippen molar-refractivity contribution >= 4 is 23.5 Å². The summed E-state index contributed by atoms with van der Waals surface area (Å²) in [5.41, 5.74) is 0.356. The van der Waals surface area contributed by atoms with E-state index in [2.05, 4.69) is 4.98 Å². The fraction of sp³-hybridized carbons (Fsp3) is 0.350. The summed E-state index contributed by atoms with van der Waals surface area (Å²) < 4.78 is 30.2. The molecule has 2 aliphatic rings. The highest BCUT2D eigenvalue weighted by molar-refractivity contribution is 6.31. The summed E-state index contributed by atoms with van der Waals surface area (Å²) in [5, 5.41) is 0.335. The summed E-state index contributed by atoms with van der Waals surface area (Å²) in [5.74, 6) is -4.31. The SMILES string of the molecule is O=C1OC2(CC(OCc3ccccc3F)CCN2Cc2cc(Cl)c[nH]c2=O)OC1=O. The molecule has 158 valence electrons. The van der Waals surface area contributed by atoms with Crippen molar-refractivity contribution in [2.75, 3.05) is 6.54 Å². The number of carbonyl (C=O) groups is 2. The molecule has 4 rings (SSSR count). The molecule has 2 fully saturated rings. The number of pyridine rings is 1. The maximum absolute atomic E-state index is 13.8. The third kappa shape index (κ3) is 4.09. The van der Waals surface area contributed by atoms with Crippen molar-refractivity contribution in [1.29, 1.82) is 0 Å². The lowest BCUT2D eigenvalue weighted by molar-refractivity contribution is -0.283. The Balaban J connectivity index is 1.52. The van der Waals surface area contributed by atoms with E-state index in [1.807, 2.05) is 0 Å². The van der Waals surface area contributed by atoms with Gasteiger partial charge in [-0.25, -0.2) is 18.9 Å². The number of aromatic amines is 1. The fourth-order valence-electron chi connectivity index (χ4n) is 3.58. The van der Waals surface area contributed by atoms with E-state index in [4.69, 9.17) is 25.8 Å². The van der Waals surface area contributed by atoms with Crippen LogP contribution in [0.4, 0.5) is 4.39 Å². The van der Waals surface area contributed by atoms with Gasteiger partial charge in [-0.3, -0.25) is 4.79 Å². The Hall–Kier alpha value is -2.75. The molecule has 0 saturated carbocycles. The number of rotatable bonds is 5. The third-order valence-electron chi connectivity index (χ3n) is 5.10. The molecule has 10 heteroatoms. The largest absolute Gasteiger partial charge is 0.421 e. The van der Waals surface area contributed by atoms with Crippen molar-refractivity contribution in [3.8, 4) is 0 Å². The van der Waals surface area contributed by atoms with E-state index in [9.17, 15) is 18.8 Å². The topological polar surface area (TPSA) is 97.9 Å². The fourth-order valence-corrected chi connectivity index (χ4v) is 3.77. The van der Waals surface area contributed by atoms with E-state index in [1.165, 1.54) is 18.3 Å². The standard InChI is InChI=1S/C20H18ClFN2O6/c21-14-7-13(17(25)23-9-14)10-24-6-5-15(8-20(24)29-18(26)19(27)30-20)28-11-12-3-1-2-4-16(12)22/h1-4,7,9,15H,5-6,8,10-11H2,(H,23,25). The molecule has 8 nitrogen and oxygen atoms in total. The van der Waals surface area contributed by atoms with Crippen LogP contribution in [0.5, 0.6) is 0 Å². The number of benzene rings is 1. The number of likely N-dealkylation sites (tertiary alicyclic amines) is 1. The quantitative estimate of drug-likeness (QED) is 0.566. The number of H-pyrrole nitrogens is 1. The van der Waals surface area contributed by atoms with E-state index in [-0.39, 0.29) is 30.9 Å². The van der Waals surface area contributed by atoms with Gasteiger partial charge < -0.3 is 19.2 Å². The zero-order valence-corrected chi connectivity index (χ0v) is 16.5. The molecular weight excluding hydrogens is 419 g/mol. The van der Waals surface area contributed by atoms with Crippen molar-refractivity contribution < 1.29 is 28.2 Å². The summed E-state index contributed by atoms with van der Waals surface area (Å²) in [4.78, 5) is 39.8. The van der Waals surface area contributed by atoms with E-state index >= 15 is 0 Å². The van der Waals surface area contributed by atoms with E-state index in [0.29, 0.717) is 29.1 Å². The number of hydrogen-bond acceptors (Lipinski definition) is 7. The number of esters is 2. The second-order valence-corrected chi connectivity index (χ2v) is 7.54. The van der Waals surface area contributed by atoms with Gasteiger partial charge in [0.05, 0.1) is 24.2 Å². The molecule has 3 heterocycles. The van der Waals surface area contributed by atoms with E-state index in [1.54, 1.807) is 23.1 Å². The van der Waals surface area contributed by atoms with E-state index in [0.717, 1.165) is 0 Å². The number of halogens is 2. The number of nitrogens with zero attached hydrogens (tertiary/aromatic N) is 1. The zero-order valence-electron chi connectivity index (χ0n) is 15.7. The highest BCUT2D eigenvalue weighted by Gasteiger charge is 2.56. The normalized spacial score (nSPS) is 20.9. The maximum Gasteiger partial charge on any atom is 0.421 e. The molecule has 2 aliphatic heterocycles. The Morgan fingerprint density at radius 1 is 1.20 bits per heavy atom. The number of piperidine rings is 1. The Morgan fingerprint density at radius 2 is 1.93 bits per heavy atom. The first-order valence-corrected chi connectivity index (χ1v) is 9.67. The van der Waals surface area contributed by atoms with Gasteiger partial charge in [-0.1, -0.05) is 29.8 Å². The minimum atomic E-state index is -1.69. The second kappa shape index (κ2) is 8.17. The van der Waals surface area contributed by atoms with Crippen LogP contribution in [0.15, 0.2) is 41.3 Å². The Bertz CT molecular complexity index is 1030. The third-order valence-corrected chi connectivity index (χ3v) is 5.32. The van der Waals surface area contributed by atoms with Gasteiger partial charge in [0.25, 0.3) is 5.56 Å². The number of nitrogens with one attached hydrogen (secondary N) is 1. The first-order chi connectivity index (χ1) is 14.4. The van der Waals surface area contributed by atoms with Gasteiger partial charge >= 0.3 is 17.8 Å². The van der Waals surface area contributed by atoms with Crippen molar-refractivity contribution in [3.63, 3.8) is 0 Å². The average molecular weight is 437 g/mol. The van der Waals surface area contributed by atoms with Gasteiger partial charge in [-0.15, -0.1) is 0 Å². The lowest BCUT2D eigenvalue weighted by Crippen LogP contribution is -2.56. The van der Waals surface area contributed by atoms with Crippen LogP contribution in [0.25, 0.3) is 0 Å². The minimum Gasteiger partial charge on any atom is -0.400 e. The zero-order chi connectivity index (χ0) is 21.3. The van der Waals surface area contributed by atoms with Gasteiger partial charge in [-0.2, -0.15) is 0 Å². The van der Waals surface area contributed by atoms with Crippen molar-refractivity contribution in [2.45, 2.75) is 38.0 Å². The summed E-state index contributed by atoms with van der Waals surface area (Å²) in [7, 11) is 0. The van der Waals surface area contributed by atoms with Gasteiger partial charge in [-0.05, 0) is 18.6 Å². The van der Waals surface area contributed by atoms with Crippen LogP contribution in [0, 0.1) is 5.82 Å². The summed E-state index contributed by atoms with van der Waals surface area (Å²) >= 11 is 5.96. The van der Waals surface area contributed by atoms with Crippen LogP contribution in [-0.4, -0.2) is 40.4 Å². The first kappa shape index (κ1) is 20.5. The number of ether oxygens (including phenoxy) is 3. The Kier molecular flexibility index (Phi) is 5.59. The molecule has 0 amide bonds. The molecule has 1 aromatic carbocycles. The molecule has 2 aromatic rings. The average Bonchev–Trinajstić information content (AvgIpc) is 2.99. The van der Waals surface area contributed by atoms with Crippen LogP contribution < -0.4 is 5.56 Å². The molecule has 1 unspecified atom stereocenters. The van der Waals surface area contributed by atoms with Gasteiger partial charge in [0, 0.05) is 30.4 Å². The second-order valence-electron chi connectivity index (χ2n) is 7.10. The van der Waals surface area contributed by atoms with Crippen molar-refractivity contribution in [3.05, 3.63) is 68.8 Å². The number of aromatic nitrogens is 1. The molecular formula is C20H18ClFN2O6. The predicted octanol–water partition coefficient (Wildman–Crippen LogP) is 2.10. The number of carbonyl (C=O) groups excluding carboxylic acids is 2. The molecule has 1 spiro atoms. The molecule has 1 N–H and O–H groups in total. The highest BCUT2D eigenvalue weighted by atomic mass is 35.5. The van der Waals surface area contributed by atoms with Crippen LogP contribution in [0.3, 0.4) is 0 Å². The van der Waals surface area contributed by atoms with Gasteiger partial charge in [0.15, 0.2) is 0 Å². The molecule has 0 radical (unpaired) electrons. The van der Waals surface area contributed by atoms with Crippen molar-refractivity contribution in [1.82, 2.24) is 9.88 Å². The lowest BCUT2D eigenvalue weighted by atomic mass is 10.0. The summed E-state index contributed by atoms with van der Waals surface area (Å²) in [6.45, 7) is 0.355. The summed E-state index contributed by atoms with van der Waals surface area (Å²) in [6.07, 6.45) is 1.42. The Morgan fingerprint density at radius 3 is 2.67 bits per heavy atom. The first-order valence-electron chi connectivity index (χ1n) is 9.30. The predicted molar refractivity (Wildman–Crippen MR) is 102 cm³/mol. The Labute approximate surface area is 175 Å². The van der Waals surface area contributed by atoms with Crippen molar-refractivity contribution in [2.24, 2.45) is 0 Å².